The second-order valence-corrected chi connectivity index (χ2v) is 4.87. The molecule has 1 aromatic rings. The second-order valence-electron chi connectivity index (χ2n) is 4.02. The molecule has 3 nitrogen and oxygen atoms in total. The molecule has 0 radical (unpaired) electrons. The third-order valence-corrected chi connectivity index (χ3v) is 3.19. The SMILES string of the molecule is CCCNCCCc1c(Br)cnn1CCC. The number of hydrogen-bond acceptors (Lipinski definition) is 2. The topological polar surface area (TPSA) is 29.9 Å². The van der Waals surface area contributed by atoms with Crippen LogP contribution < -0.4 is 5.32 Å². The molecule has 1 N–H and O–H groups in total. The molecule has 0 saturated heterocycles. The van der Waals surface area contributed by atoms with Crippen LogP contribution in [0, 0.1) is 0 Å². The number of aryl methyl sites for hydroxylation is 1. The molecule has 0 aromatic carbocycles. The van der Waals surface area contributed by atoms with E-state index in [0.29, 0.717) is 0 Å². The predicted molar refractivity (Wildman–Crippen MR) is 71.7 cm³/mol. The Bertz CT molecular complexity index is 296. The first kappa shape index (κ1) is 13.7. The summed E-state index contributed by atoms with van der Waals surface area (Å²) < 4.78 is 3.26. The van der Waals surface area contributed by atoms with Crippen molar-refractivity contribution in [2.24, 2.45) is 0 Å². The van der Waals surface area contributed by atoms with E-state index in [1.807, 2.05) is 6.20 Å². The zero-order valence-corrected chi connectivity index (χ0v) is 11.9. The first-order chi connectivity index (χ1) is 7.79. The van der Waals surface area contributed by atoms with Gasteiger partial charge in [0.15, 0.2) is 0 Å². The lowest BCUT2D eigenvalue weighted by Crippen LogP contribution is -2.17. The quantitative estimate of drug-likeness (QED) is 0.745. The molecule has 1 heterocycles. The lowest BCUT2D eigenvalue weighted by atomic mass is 10.2. The molecule has 0 bridgehead atoms. The third-order valence-electron chi connectivity index (χ3n) is 2.53. The van der Waals surface area contributed by atoms with Gasteiger partial charge in [-0.1, -0.05) is 13.8 Å². The number of rotatable bonds is 8. The highest BCUT2D eigenvalue weighted by Crippen LogP contribution is 2.17. The summed E-state index contributed by atoms with van der Waals surface area (Å²) in [6.07, 6.45) is 6.52. The third kappa shape index (κ3) is 4.26. The fourth-order valence-corrected chi connectivity index (χ4v) is 2.22. The summed E-state index contributed by atoms with van der Waals surface area (Å²) in [7, 11) is 0. The predicted octanol–water partition coefficient (Wildman–Crippen LogP) is 2.99. The van der Waals surface area contributed by atoms with Crippen molar-refractivity contribution in [3.05, 3.63) is 16.4 Å². The molecule has 0 fully saturated rings. The van der Waals surface area contributed by atoms with E-state index in [0.717, 1.165) is 36.9 Å². The monoisotopic (exact) mass is 287 g/mol. The van der Waals surface area contributed by atoms with Gasteiger partial charge in [0.05, 0.1) is 16.4 Å². The molecule has 1 aromatic heterocycles. The van der Waals surface area contributed by atoms with Crippen molar-refractivity contribution in [1.82, 2.24) is 15.1 Å². The van der Waals surface area contributed by atoms with Crippen LogP contribution in [0.4, 0.5) is 0 Å². The highest BCUT2D eigenvalue weighted by Gasteiger charge is 2.07. The summed E-state index contributed by atoms with van der Waals surface area (Å²) in [4.78, 5) is 0. The summed E-state index contributed by atoms with van der Waals surface area (Å²) in [5.74, 6) is 0. The van der Waals surface area contributed by atoms with E-state index in [2.05, 4.69) is 44.9 Å². The van der Waals surface area contributed by atoms with Crippen molar-refractivity contribution in [3.63, 3.8) is 0 Å². The van der Waals surface area contributed by atoms with Crippen LogP contribution in [0.3, 0.4) is 0 Å². The maximum atomic E-state index is 4.37. The Balaban J connectivity index is 2.36. The van der Waals surface area contributed by atoms with Crippen LogP contribution in [0.1, 0.15) is 38.8 Å². The van der Waals surface area contributed by atoms with Gasteiger partial charge in [-0.3, -0.25) is 4.68 Å². The van der Waals surface area contributed by atoms with Crippen LogP contribution in [0.2, 0.25) is 0 Å². The van der Waals surface area contributed by atoms with Gasteiger partial charge in [-0.2, -0.15) is 5.10 Å². The highest BCUT2D eigenvalue weighted by atomic mass is 79.9. The number of aromatic nitrogens is 2. The van der Waals surface area contributed by atoms with Crippen LogP contribution in [0.5, 0.6) is 0 Å². The Hall–Kier alpha value is -0.350. The van der Waals surface area contributed by atoms with Gasteiger partial charge >= 0.3 is 0 Å². The molecule has 0 aliphatic rings. The molecule has 0 atom stereocenters. The minimum atomic E-state index is 1.02. The van der Waals surface area contributed by atoms with E-state index in [1.165, 1.54) is 18.5 Å². The molecular weight excluding hydrogens is 266 g/mol. The zero-order valence-electron chi connectivity index (χ0n) is 10.3. The van der Waals surface area contributed by atoms with Crippen LogP contribution in [-0.2, 0) is 13.0 Å². The molecule has 0 aliphatic heterocycles. The van der Waals surface area contributed by atoms with E-state index in [4.69, 9.17) is 0 Å². The standard InChI is InChI=1S/C12H22BrN3/c1-3-7-14-8-5-6-12-11(13)10-15-16(12)9-4-2/h10,14H,3-9H2,1-2H3. The van der Waals surface area contributed by atoms with E-state index in [-0.39, 0.29) is 0 Å². The van der Waals surface area contributed by atoms with Gasteiger partial charge in [0.25, 0.3) is 0 Å². The zero-order chi connectivity index (χ0) is 11.8. The van der Waals surface area contributed by atoms with E-state index >= 15 is 0 Å². The number of halogens is 1. The van der Waals surface area contributed by atoms with Crippen LogP contribution >= 0.6 is 15.9 Å². The highest BCUT2D eigenvalue weighted by molar-refractivity contribution is 9.10. The van der Waals surface area contributed by atoms with E-state index in [9.17, 15) is 0 Å². The Morgan fingerprint density at radius 3 is 2.81 bits per heavy atom. The first-order valence-corrected chi connectivity index (χ1v) is 6.99. The number of hydrogen-bond donors (Lipinski definition) is 1. The molecule has 1 rings (SSSR count). The summed E-state index contributed by atoms with van der Waals surface area (Å²) in [5.41, 5.74) is 1.33. The summed E-state index contributed by atoms with van der Waals surface area (Å²) in [6.45, 7) is 7.61. The normalized spacial score (nSPS) is 10.9. The average molecular weight is 288 g/mol. The van der Waals surface area contributed by atoms with Gasteiger partial charge < -0.3 is 5.32 Å². The second kappa shape index (κ2) is 7.85. The van der Waals surface area contributed by atoms with Crippen LogP contribution in [0.25, 0.3) is 0 Å². The van der Waals surface area contributed by atoms with Crippen LogP contribution in [0.15, 0.2) is 10.7 Å². The minimum Gasteiger partial charge on any atom is -0.317 e. The fourth-order valence-electron chi connectivity index (χ4n) is 1.72. The van der Waals surface area contributed by atoms with E-state index < -0.39 is 0 Å². The molecule has 0 aliphatic carbocycles. The lowest BCUT2D eigenvalue weighted by molar-refractivity contribution is 0.557. The molecule has 92 valence electrons. The molecule has 0 saturated carbocycles. The number of nitrogens with zero attached hydrogens (tertiary/aromatic N) is 2. The van der Waals surface area contributed by atoms with Crippen molar-refractivity contribution in [1.29, 1.82) is 0 Å². The molecule has 0 spiro atoms. The summed E-state index contributed by atoms with van der Waals surface area (Å²) in [6, 6.07) is 0. The van der Waals surface area contributed by atoms with E-state index in [1.54, 1.807) is 0 Å². The largest absolute Gasteiger partial charge is 0.317 e. The van der Waals surface area contributed by atoms with Crippen molar-refractivity contribution in [3.8, 4) is 0 Å². The molecule has 0 amide bonds. The van der Waals surface area contributed by atoms with Gasteiger partial charge in [0.1, 0.15) is 0 Å². The number of nitrogens with one attached hydrogen (secondary N) is 1. The fraction of sp³-hybridized carbons (Fsp3) is 0.750. The van der Waals surface area contributed by atoms with Gasteiger partial charge in [-0.05, 0) is 54.7 Å². The van der Waals surface area contributed by atoms with Crippen molar-refractivity contribution >= 4 is 15.9 Å². The Morgan fingerprint density at radius 2 is 2.12 bits per heavy atom. The molecule has 16 heavy (non-hydrogen) atoms. The first-order valence-electron chi connectivity index (χ1n) is 6.20. The van der Waals surface area contributed by atoms with Crippen molar-refractivity contribution < 1.29 is 0 Å². The Kier molecular flexibility index (Phi) is 6.73. The molecule has 4 heteroatoms. The maximum absolute atomic E-state index is 4.37. The lowest BCUT2D eigenvalue weighted by Gasteiger charge is -2.07. The summed E-state index contributed by atoms with van der Waals surface area (Å²) in [5, 5.41) is 7.79. The Labute approximate surface area is 107 Å². The van der Waals surface area contributed by atoms with Crippen LogP contribution in [-0.4, -0.2) is 22.9 Å². The maximum Gasteiger partial charge on any atom is 0.0635 e. The summed E-state index contributed by atoms with van der Waals surface area (Å²) >= 11 is 3.57. The molecule has 0 unspecified atom stereocenters. The average Bonchev–Trinajstić information content (AvgIpc) is 2.61. The minimum absolute atomic E-state index is 1.02. The van der Waals surface area contributed by atoms with Crippen molar-refractivity contribution in [2.75, 3.05) is 13.1 Å². The molecular formula is C12H22BrN3. The Morgan fingerprint density at radius 1 is 1.31 bits per heavy atom. The van der Waals surface area contributed by atoms with Gasteiger partial charge in [-0.25, -0.2) is 0 Å². The van der Waals surface area contributed by atoms with Gasteiger partial charge in [0.2, 0.25) is 0 Å². The van der Waals surface area contributed by atoms with Gasteiger partial charge in [0, 0.05) is 6.54 Å². The van der Waals surface area contributed by atoms with Crippen molar-refractivity contribution in [2.45, 2.75) is 46.1 Å². The smallest absolute Gasteiger partial charge is 0.0635 e. The van der Waals surface area contributed by atoms with Gasteiger partial charge in [-0.15, -0.1) is 0 Å².